The van der Waals surface area contributed by atoms with Crippen LogP contribution in [0.25, 0.3) is 10.7 Å². The molecule has 1 saturated heterocycles. The maximum atomic E-state index is 5.42. The molecule has 25 heavy (non-hydrogen) atoms. The van der Waals surface area contributed by atoms with Gasteiger partial charge in [0.15, 0.2) is 0 Å². The predicted octanol–water partition coefficient (Wildman–Crippen LogP) is 3.42. The highest BCUT2D eigenvalue weighted by Crippen LogP contribution is 2.22. The van der Waals surface area contributed by atoms with E-state index < -0.39 is 0 Å². The number of hydrogen-bond donors (Lipinski definition) is 0. The van der Waals surface area contributed by atoms with Crippen LogP contribution in [0.1, 0.15) is 17.0 Å². The molecule has 6 heteroatoms. The van der Waals surface area contributed by atoms with Gasteiger partial charge in [0, 0.05) is 32.7 Å². The van der Waals surface area contributed by atoms with Crippen LogP contribution in [0.2, 0.25) is 0 Å². The first kappa shape index (κ1) is 16.4. The van der Waals surface area contributed by atoms with E-state index in [1.54, 1.807) is 11.3 Å². The molecule has 130 valence electrons. The third-order valence-corrected chi connectivity index (χ3v) is 5.55. The van der Waals surface area contributed by atoms with Crippen molar-refractivity contribution in [2.24, 2.45) is 0 Å². The molecule has 0 spiro atoms. The zero-order valence-electron chi connectivity index (χ0n) is 14.4. The van der Waals surface area contributed by atoms with Crippen molar-refractivity contribution in [2.75, 3.05) is 26.2 Å². The lowest BCUT2D eigenvalue weighted by Crippen LogP contribution is -2.45. The van der Waals surface area contributed by atoms with Gasteiger partial charge in [-0.05, 0) is 29.5 Å². The van der Waals surface area contributed by atoms with Crippen molar-refractivity contribution in [3.63, 3.8) is 0 Å². The fraction of sp³-hybridized carbons (Fsp3) is 0.368. The lowest BCUT2D eigenvalue weighted by molar-refractivity contribution is 0.112. The monoisotopic (exact) mass is 354 g/mol. The molecule has 0 aliphatic carbocycles. The van der Waals surface area contributed by atoms with Crippen molar-refractivity contribution < 1.29 is 4.52 Å². The van der Waals surface area contributed by atoms with Crippen LogP contribution in [-0.4, -0.2) is 46.1 Å². The Morgan fingerprint density at radius 1 is 1.00 bits per heavy atom. The topological polar surface area (TPSA) is 45.4 Å². The van der Waals surface area contributed by atoms with Crippen molar-refractivity contribution in [2.45, 2.75) is 20.0 Å². The molecule has 5 nitrogen and oxygen atoms in total. The van der Waals surface area contributed by atoms with E-state index in [1.807, 2.05) is 17.5 Å². The number of benzene rings is 1. The molecule has 0 N–H and O–H groups in total. The standard InChI is InChI=1S/C19H22N4OS/c1-15-5-2-3-6-16(15)13-22-8-10-23(11-9-22)14-18-20-19(21-24-18)17-7-4-12-25-17/h2-7,12H,8-11,13-14H2,1H3. The normalized spacial score (nSPS) is 16.4. The molecule has 1 aliphatic rings. The third-order valence-electron chi connectivity index (χ3n) is 4.69. The van der Waals surface area contributed by atoms with Crippen molar-refractivity contribution in [1.82, 2.24) is 19.9 Å². The SMILES string of the molecule is Cc1ccccc1CN1CCN(Cc2nc(-c3cccs3)no2)CC1. The Bertz CT molecular complexity index is 806. The minimum absolute atomic E-state index is 0.697. The van der Waals surface area contributed by atoms with E-state index in [0.717, 1.165) is 44.1 Å². The van der Waals surface area contributed by atoms with Gasteiger partial charge in [-0.1, -0.05) is 35.5 Å². The average Bonchev–Trinajstić information content (AvgIpc) is 3.30. The summed E-state index contributed by atoms with van der Waals surface area (Å²) in [5.74, 6) is 1.40. The Kier molecular flexibility index (Phi) is 4.92. The van der Waals surface area contributed by atoms with Gasteiger partial charge >= 0.3 is 0 Å². The summed E-state index contributed by atoms with van der Waals surface area (Å²) in [5, 5.41) is 6.12. The predicted molar refractivity (Wildman–Crippen MR) is 99.3 cm³/mol. The summed E-state index contributed by atoms with van der Waals surface area (Å²) >= 11 is 1.63. The fourth-order valence-corrected chi connectivity index (χ4v) is 3.80. The Hall–Kier alpha value is -2.02. The lowest BCUT2D eigenvalue weighted by Gasteiger charge is -2.34. The number of aromatic nitrogens is 2. The van der Waals surface area contributed by atoms with E-state index in [0.29, 0.717) is 11.7 Å². The quantitative estimate of drug-likeness (QED) is 0.702. The number of hydrogen-bond acceptors (Lipinski definition) is 6. The van der Waals surface area contributed by atoms with Crippen LogP contribution in [0, 0.1) is 6.92 Å². The van der Waals surface area contributed by atoms with E-state index >= 15 is 0 Å². The van der Waals surface area contributed by atoms with Gasteiger partial charge in [-0.15, -0.1) is 11.3 Å². The molecular formula is C19H22N4OS. The van der Waals surface area contributed by atoms with E-state index in [1.165, 1.54) is 11.1 Å². The summed E-state index contributed by atoms with van der Waals surface area (Å²) in [4.78, 5) is 10.5. The van der Waals surface area contributed by atoms with Crippen LogP contribution < -0.4 is 0 Å². The van der Waals surface area contributed by atoms with Crippen LogP contribution in [-0.2, 0) is 13.1 Å². The van der Waals surface area contributed by atoms with Crippen LogP contribution in [0.5, 0.6) is 0 Å². The molecule has 0 unspecified atom stereocenters. The van der Waals surface area contributed by atoms with Gasteiger partial charge in [0.05, 0.1) is 11.4 Å². The number of thiophene rings is 1. The third kappa shape index (κ3) is 3.98. The first-order valence-electron chi connectivity index (χ1n) is 8.63. The first-order chi connectivity index (χ1) is 12.3. The van der Waals surface area contributed by atoms with Gasteiger partial charge < -0.3 is 4.52 Å². The van der Waals surface area contributed by atoms with Gasteiger partial charge in [-0.25, -0.2) is 0 Å². The minimum atomic E-state index is 0.697. The second kappa shape index (κ2) is 7.47. The Labute approximate surface area is 151 Å². The molecule has 1 fully saturated rings. The van der Waals surface area contributed by atoms with Crippen LogP contribution in [0.3, 0.4) is 0 Å². The molecule has 1 aromatic carbocycles. The molecule has 3 heterocycles. The number of piperazine rings is 1. The molecule has 3 aromatic rings. The number of nitrogens with zero attached hydrogens (tertiary/aromatic N) is 4. The molecule has 4 rings (SSSR count). The van der Waals surface area contributed by atoms with Crippen molar-refractivity contribution in [1.29, 1.82) is 0 Å². The molecule has 1 aliphatic heterocycles. The molecule has 0 atom stereocenters. The molecule has 0 amide bonds. The number of aryl methyl sites for hydroxylation is 1. The maximum absolute atomic E-state index is 5.42. The molecular weight excluding hydrogens is 332 g/mol. The maximum Gasteiger partial charge on any atom is 0.241 e. The summed E-state index contributed by atoms with van der Waals surface area (Å²) in [6.45, 7) is 8.15. The fourth-order valence-electron chi connectivity index (χ4n) is 3.15. The summed E-state index contributed by atoms with van der Waals surface area (Å²) in [6, 6.07) is 12.7. The Morgan fingerprint density at radius 2 is 1.76 bits per heavy atom. The molecule has 0 radical (unpaired) electrons. The Morgan fingerprint density at radius 3 is 2.48 bits per heavy atom. The van der Waals surface area contributed by atoms with E-state index in [4.69, 9.17) is 4.52 Å². The smallest absolute Gasteiger partial charge is 0.241 e. The molecule has 0 saturated carbocycles. The largest absolute Gasteiger partial charge is 0.338 e. The summed E-state index contributed by atoms with van der Waals surface area (Å²) in [6.07, 6.45) is 0. The van der Waals surface area contributed by atoms with E-state index in [-0.39, 0.29) is 0 Å². The van der Waals surface area contributed by atoms with E-state index in [2.05, 4.69) is 51.1 Å². The molecule has 2 aromatic heterocycles. The average molecular weight is 354 g/mol. The van der Waals surface area contributed by atoms with Crippen LogP contribution in [0.4, 0.5) is 0 Å². The van der Waals surface area contributed by atoms with Gasteiger partial charge in [0.25, 0.3) is 0 Å². The lowest BCUT2D eigenvalue weighted by atomic mass is 10.1. The highest BCUT2D eigenvalue weighted by atomic mass is 32.1. The number of rotatable bonds is 5. The summed E-state index contributed by atoms with van der Waals surface area (Å²) in [7, 11) is 0. The van der Waals surface area contributed by atoms with Crippen molar-refractivity contribution in [3.05, 3.63) is 58.8 Å². The van der Waals surface area contributed by atoms with Gasteiger partial charge in [0.2, 0.25) is 11.7 Å². The van der Waals surface area contributed by atoms with Crippen LogP contribution in [0.15, 0.2) is 46.3 Å². The van der Waals surface area contributed by atoms with Crippen molar-refractivity contribution in [3.8, 4) is 10.7 Å². The second-order valence-electron chi connectivity index (χ2n) is 6.47. The van der Waals surface area contributed by atoms with Gasteiger partial charge in [0.1, 0.15) is 0 Å². The zero-order valence-corrected chi connectivity index (χ0v) is 15.2. The van der Waals surface area contributed by atoms with Crippen LogP contribution >= 0.6 is 11.3 Å². The highest BCUT2D eigenvalue weighted by molar-refractivity contribution is 7.13. The highest BCUT2D eigenvalue weighted by Gasteiger charge is 2.20. The van der Waals surface area contributed by atoms with Gasteiger partial charge in [-0.3, -0.25) is 9.80 Å². The second-order valence-corrected chi connectivity index (χ2v) is 7.42. The zero-order chi connectivity index (χ0) is 17.1. The molecule has 0 bridgehead atoms. The first-order valence-corrected chi connectivity index (χ1v) is 9.51. The van der Waals surface area contributed by atoms with Gasteiger partial charge in [-0.2, -0.15) is 4.98 Å². The Balaban J connectivity index is 1.30. The minimum Gasteiger partial charge on any atom is -0.338 e. The van der Waals surface area contributed by atoms with E-state index in [9.17, 15) is 0 Å². The summed E-state index contributed by atoms with van der Waals surface area (Å²) < 4.78 is 5.42. The van der Waals surface area contributed by atoms with Crippen molar-refractivity contribution >= 4 is 11.3 Å². The summed E-state index contributed by atoms with van der Waals surface area (Å²) in [5.41, 5.74) is 2.80.